The molecule has 0 amide bonds. The normalized spacial score (nSPS) is 29.8. The zero-order valence-corrected chi connectivity index (χ0v) is 24.1. The van der Waals surface area contributed by atoms with Crippen molar-refractivity contribution in [2.75, 3.05) is 0 Å². The molecule has 0 heterocycles. The molecule has 0 N–H and O–H groups in total. The monoisotopic (exact) mass is 522 g/mol. The highest BCUT2D eigenvalue weighted by Gasteiger charge is 2.31. The topological polar surface area (TPSA) is 0 Å². The molecule has 0 radical (unpaired) electrons. The van der Waals surface area contributed by atoms with Crippen LogP contribution in [0, 0.1) is 23.7 Å². The molecule has 0 nitrogen and oxygen atoms in total. The number of fused-ring (bicyclic) bond motifs is 5. The molecule has 0 aromatic heterocycles. The first-order valence-corrected chi connectivity index (χ1v) is 15.2. The van der Waals surface area contributed by atoms with E-state index in [0.717, 1.165) is 25.7 Å². The zero-order valence-electron chi connectivity index (χ0n) is 24.1. The van der Waals surface area contributed by atoms with Gasteiger partial charge >= 0.3 is 0 Å². The second-order valence-electron chi connectivity index (χ2n) is 12.2. The van der Waals surface area contributed by atoms with E-state index in [0.29, 0.717) is 23.7 Å². The predicted molar refractivity (Wildman–Crippen MR) is 173 cm³/mol. The van der Waals surface area contributed by atoms with Crippen LogP contribution in [0.15, 0.2) is 166 Å². The van der Waals surface area contributed by atoms with Gasteiger partial charge in [0.05, 0.1) is 0 Å². The average molecular weight is 523 g/mol. The van der Waals surface area contributed by atoms with Gasteiger partial charge in [0.25, 0.3) is 0 Å². The fourth-order valence-corrected chi connectivity index (χ4v) is 6.76. The standard InChI is InChI=1S/C40H42/c1-29-11-3-5-15-31-23-34-19-9-21-38-28-40-26-36-18-8-14-30(2)12-4-6-16-32(36)25-39(40)27-37(38)22-10-20-35(34)24-33(31)17-7-13-29/h3-10,13-14,17-24,26-27,32,34,36,39H,11-12,15-16,25,28H2,1-2H3. The molecule has 0 spiro atoms. The Kier molecular flexibility index (Phi) is 8.14. The second kappa shape index (κ2) is 12.3. The van der Waals surface area contributed by atoms with Crippen molar-refractivity contribution in [3.05, 3.63) is 166 Å². The molecule has 6 aliphatic carbocycles. The van der Waals surface area contributed by atoms with Crippen LogP contribution in [-0.2, 0) is 0 Å². The van der Waals surface area contributed by atoms with Crippen molar-refractivity contribution >= 4 is 0 Å². The minimum absolute atomic E-state index is 0.302. The van der Waals surface area contributed by atoms with Crippen molar-refractivity contribution in [1.82, 2.24) is 0 Å². The van der Waals surface area contributed by atoms with Gasteiger partial charge in [0.2, 0.25) is 0 Å². The Bertz CT molecular complexity index is 1450. The Morgan fingerprint density at radius 3 is 2.30 bits per heavy atom. The van der Waals surface area contributed by atoms with Crippen LogP contribution >= 0.6 is 0 Å². The van der Waals surface area contributed by atoms with E-state index in [4.69, 9.17) is 0 Å². The van der Waals surface area contributed by atoms with Crippen molar-refractivity contribution < 1.29 is 0 Å². The summed E-state index contributed by atoms with van der Waals surface area (Å²) in [6, 6.07) is 0. The second-order valence-corrected chi connectivity index (χ2v) is 12.2. The number of allylic oxidation sites excluding steroid dienone is 28. The Labute approximate surface area is 241 Å². The molecular weight excluding hydrogens is 480 g/mol. The summed E-state index contributed by atoms with van der Waals surface area (Å²) >= 11 is 0. The van der Waals surface area contributed by atoms with Crippen LogP contribution < -0.4 is 0 Å². The molecule has 0 saturated carbocycles. The minimum Gasteiger partial charge on any atom is -0.0879 e. The third kappa shape index (κ3) is 6.23. The van der Waals surface area contributed by atoms with Gasteiger partial charge in [0.15, 0.2) is 0 Å². The fourth-order valence-electron chi connectivity index (χ4n) is 6.76. The Balaban J connectivity index is 1.30. The molecule has 6 aliphatic rings. The van der Waals surface area contributed by atoms with Crippen molar-refractivity contribution in [2.24, 2.45) is 23.7 Å². The van der Waals surface area contributed by atoms with Gasteiger partial charge in [0, 0.05) is 5.92 Å². The molecule has 0 aromatic carbocycles. The van der Waals surface area contributed by atoms with Crippen LogP contribution in [0.3, 0.4) is 0 Å². The third-order valence-corrected chi connectivity index (χ3v) is 9.13. The average Bonchev–Trinajstić information content (AvgIpc) is 2.95. The van der Waals surface area contributed by atoms with Gasteiger partial charge in [-0.1, -0.05) is 138 Å². The Morgan fingerprint density at radius 2 is 1.40 bits per heavy atom. The lowest BCUT2D eigenvalue weighted by Crippen LogP contribution is -2.24. The van der Waals surface area contributed by atoms with E-state index in [-0.39, 0.29) is 0 Å². The van der Waals surface area contributed by atoms with Crippen molar-refractivity contribution in [3.8, 4) is 0 Å². The summed E-state index contributed by atoms with van der Waals surface area (Å²) in [5.41, 5.74) is 11.4. The molecule has 6 rings (SSSR count). The van der Waals surface area contributed by atoms with Crippen LogP contribution in [0.5, 0.6) is 0 Å². The van der Waals surface area contributed by atoms with E-state index in [1.807, 2.05) is 0 Å². The van der Waals surface area contributed by atoms with E-state index in [9.17, 15) is 0 Å². The lowest BCUT2D eigenvalue weighted by molar-refractivity contribution is 0.360. The molecule has 0 aromatic rings. The summed E-state index contributed by atoms with van der Waals surface area (Å²) in [5.74, 6) is 2.05. The number of hydrogen-bond acceptors (Lipinski definition) is 0. The van der Waals surface area contributed by atoms with E-state index in [2.05, 4.69) is 135 Å². The highest BCUT2D eigenvalue weighted by atomic mass is 14.4. The lowest BCUT2D eigenvalue weighted by Gasteiger charge is -2.36. The van der Waals surface area contributed by atoms with Crippen LogP contribution in [0.4, 0.5) is 0 Å². The first-order chi connectivity index (χ1) is 19.6. The Hall–Kier alpha value is -3.64. The predicted octanol–water partition coefficient (Wildman–Crippen LogP) is 10.7. The molecule has 0 fully saturated rings. The quantitative estimate of drug-likeness (QED) is 0.278. The Morgan fingerprint density at radius 1 is 0.650 bits per heavy atom. The molecule has 0 heteroatoms. The van der Waals surface area contributed by atoms with Crippen LogP contribution in [0.1, 0.15) is 52.4 Å². The number of hydrogen-bond donors (Lipinski definition) is 0. The SMILES string of the molecule is CC1=CC=CC2=CC3=CC=CC4=CC5CC6CC=CCC(C)=CC=CC6C=C5CC4=CC=CC3C=C2CC=CC1. The van der Waals surface area contributed by atoms with Crippen LogP contribution in [0.2, 0.25) is 0 Å². The molecule has 40 heavy (non-hydrogen) atoms. The molecule has 0 saturated heterocycles. The van der Waals surface area contributed by atoms with Gasteiger partial charge in [-0.05, 0) is 98.0 Å². The van der Waals surface area contributed by atoms with E-state index in [1.54, 1.807) is 5.57 Å². The smallest absolute Gasteiger partial charge is 0.0208 e. The van der Waals surface area contributed by atoms with E-state index in [1.165, 1.54) is 51.9 Å². The molecule has 0 bridgehead atoms. The summed E-state index contributed by atoms with van der Waals surface area (Å²) in [5, 5.41) is 0. The summed E-state index contributed by atoms with van der Waals surface area (Å²) < 4.78 is 0. The van der Waals surface area contributed by atoms with Gasteiger partial charge < -0.3 is 0 Å². The van der Waals surface area contributed by atoms with Gasteiger partial charge in [-0.15, -0.1) is 0 Å². The molecule has 4 unspecified atom stereocenters. The van der Waals surface area contributed by atoms with E-state index < -0.39 is 0 Å². The molecule has 202 valence electrons. The van der Waals surface area contributed by atoms with Gasteiger partial charge in [-0.3, -0.25) is 0 Å². The number of rotatable bonds is 0. The summed E-state index contributed by atoms with van der Waals surface area (Å²) in [7, 11) is 0. The van der Waals surface area contributed by atoms with Gasteiger partial charge in [0.1, 0.15) is 0 Å². The highest BCUT2D eigenvalue weighted by Crippen LogP contribution is 2.44. The van der Waals surface area contributed by atoms with Crippen molar-refractivity contribution in [2.45, 2.75) is 52.4 Å². The van der Waals surface area contributed by atoms with E-state index >= 15 is 0 Å². The first-order valence-electron chi connectivity index (χ1n) is 15.2. The maximum atomic E-state index is 2.60. The lowest BCUT2D eigenvalue weighted by atomic mass is 9.68. The third-order valence-electron chi connectivity index (χ3n) is 9.13. The highest BCUT2D eigenvalue weighted by molar-refractivity contribution is 5.56. The fraction of sp³-hybridized carbons (Fsp3) is 0.300. The van der Waals surface area contributed by atoms with Gasteiger partial charge in [-0.25, -0.2) is 0 Å². The summed E-state index contributed by atoms with van der Waals surface area (Å²) in [6.45, 7) is 4.43. The molecule has 4 atom stereocenters. The largest absolute Gasteiger partial charge is 0.0879 e. The minimum atomic E-state index is 0.302. The molecule has 0 aliphatic heterocycles. The molecular formula is C40H42. The van der Waals surface area contributed by atoms with Crippen molar-refractivity contribution in [3.63, 3.8) is 0 Å². The zero-order chi connectivity index (χ0) is 27.3. The maximum Gasteiger partial charge on any atom is 0.0208 e. The van der Waals surface area contributed by atoms with Crippen LogP contribution in [-0.4, -0.2) is 0 Å². The van der Waals surface area contributed by atoms with Crippen molar-refractivity contribution in [1.29, 1.82) is 0 Å². The maximum absolute atomic E-state index is 2.60. The summed E-state index contributed by atoms with van der Waals surface area (Å²) in [6.07, 6.45) is 53.8. The first kappa shape index (κ1) is 26.6. The van der Waals surface area contributed by atoms with Gasteiger partial charge in [-0.2, -0.15) is 0 Å². The summed E-state index contributed by atoms with van der Waals surface area (Å²) in [4.78, 5) is 0. The van der Waals surface area contributed by atoms with Crippen LogP contribution in [0.25, 0.3) is 0 Å².